The zero-order valence-corrected chi connectivity index (χ0v) is 13.9. The summed E-state index contributed by atoms with van der Waals surface area (Å²) in [5, 5.41) is 10.3. The van der Waals surface area contributed by atoms with Gasteiger partial charge in [-0.25, -0.2) is 4.98 Å². The predicted octanol–water partition coefficient (Wildman–Crippen LogP) is 4.23. The molecule has 23 heavy (non-hydrogen) atoms. The summed E-state index contributed by atoms with van der Waals surface area (Å²) < 4.78 is 5.59. The lowest BCUT2D eigenvalue weighted by atomic mass is 10.1. The smallest absolute Gasteiger partial charge is 0.307 e. The van der Waals surface area contributed by atoms with Crippen LogP contribution in [0.3, 0.4) is 0 Å². The minimum Gasteiger partial charge on any atom is -0.494 e. The summed E-state index contributed by atoms with van der Waals surface area (Å²) in [6, 6.07) is 8.74. The number of hydrogen-bond acceptors (Lipinski definition) is 5. The van der Waals surface area contributed by atoms with Crippen molar-refractivity contribution in [2.24, 2.45) is 0 Å². The SMILES string of the molecule is O=c1[nH]c(O)c(Cc2ccc(Oc3ncc(Cl)cc3Cl)cc2)s1. The van der Waals surface area contributed by atoms with Crippen LogP contribution in [0.1, 0.15) is 10.4 Å². The number of aromatic nitrogens is 2. The van der Waals surface area contributed by atoms with Crippen molar-refractivity contribution in [2.75, 3.05) is 0 Å². The third-order valence-electron chi connectivity index (χ3n) is 2.98. The number of benzene rings is 1. The molecule has 2 aromatic heterocycles. The van der Waals surface area contributed by atoms with Crippen molar-refractivity contribution >= 4 is 34.5 Å². The fourth-order valence-electron chi connectivity index (χ4n) is 1.92. The number of pyridine rings is 1. The number of rotatable bonds is 4. The van der Waals surface area contributed by atoms with Gasteiger partial charge in [-0.15, -0.1) is 0 Å². The van der Waals surface area contributed by atoms with E-state index in [1.54, 1.807) is 18.2 Å². The number of halogens is 2. The van der Waals surface area contributed by atoms with Crippen LogP contribution in [0.5, 0.6) is 17.5 Å². The third kappa shape index (κ3) is 3.85. The second-order valence-electron chi connectivity index (χ2n) is 4.65. The van der Waals surface area contributed by atoms with Crippen LogP contribution in [0.15, 0.2) is 41.3 Å². The van der Waals surface area contributed by atoms with Gasteiger partial charge < -0.3 is 9.84 Å². The quantitative estimate of drug-likeness (QED) is 0.722. The highest BCUT2D eigenvalue weighted by atomic mass is 35.5. The van der Waals surface area contributed by atoms with E-state index in [9.17, 15) is 9.90 Å². The molecule has 0 saturated heterocycles. The van der Waals surface area contributed by atoms with Crippen molar-refractivity contribution in [3.63, 3.8) is 0 Å². The molecule has 3 rings (SSSR count). The van der Waals surface area contributed by atoms with Crippen molar-refractivity contribution in [1.29, 1.82) is 0 Å². The average Bonchev–Trinajstić information content (AvgIpc) is 2.82. The molecule has 0 bridgehead atoms. The molecule has 8 heteroatoms. The van der Waals surface area contributed by atoms with Gasteiger partial charge in [-0.3, -0.25) is 9.78 Å². The molecule has 0 atom stereocenters. The Balaban J connectivity index is 1.74. The molecule has 2 heterocycles. The van der Waals surface area contributed by atoms with Crippen LogP contribution >= 0.6 is 34.5 Å². The molecule has 0 spiro atoms. The summed E-state index contributed by atoms with van der Waals surface area (Å²) >= 11 is 12.8. The number of aromatic amines is 1. The fourth-order valence-corrected chi connectivity index (χ4v) is 3.10. The largest absolute Gasteiger partial charge is 0.494 e. The molecule has 5 nitrogen and oxygen atoms in total. The van der Waals surface area contributed by atoms with E-state index in [4.69, 9.17) is 27.9 Å². The number of hydrogen-bond donors (Lipinski definition) is 2. The van der Waals surface area contributed by atoms with E-state index in [-0.39, 0.29) is 16.6 Å². The number of H-pyrrole nitrogens is 1. The lowest BCUT2D eigenvalue weighted by Crippen LogP contribution is -1.90. The Labute approximate surface area is 145 Å². The summed E-state index contributed by atoms with van der Waals surface area (Å²) in [7, 11) is 0. The monoisotopic (exact) mass is 368 g/mol. The minimum absolute atomic E-state index is 0.0857. The van der Waals surface area contributed by atoms with Crippen molar-refractivity contribution < 1.29 is 9.84 Å². The van der Waals surface area contributed by atoms with Gasteiger partial charge in [0.05, 0.1) is 9.90 Å². The summed E-state index contributed by atoms with van der Waals surface area (Å²) in [4.78, 5) is 17.8. The second-order valence-corrected chi connectivity index (χ2v) is 6.56. The van der Waals surface area contributed by atoms with Crippen molar-refractivity contribution in [1.82, 2.24) is 9.97 Å². The first-order valence-corrected chi connectivity index (χ1v) is 8.07. The van der Waals surface area contributed by atoms with Gasteiger partial charge in [0.25, 0.3) is 0 Å². The summed E-state index contributed by atoms with van der Waals surface area (Å²) in [5.74, 6) is 0.750. The van der Waals surface area contributed by atoms with Crippen LogP contribution in [0, 0.1) is 0 Å². The van der Waals surface area contributed by atoms with Gasteiger partial charge in [-0.05, 0) is 23.8 Å². The molecule has 0 fully saturated rings. The lowest BCUT2D eigenvalue weighted by Gasteiger charge is -2.07. The lowest BCUT2D eigenvalue weighted by molar-refractivity contribution is 0.451. The number of aromatic hydroxyl groups is 1. The number of nitrogens with one attached hydrogen (secondary N) is 1. The van der Waals surface area contributed by atoms with E-state index < -0.39 is 0 Å². The summed E-state index contributed by atoms with van der Waals surface area (Å²) in [5.41, 5.74) is 0.929. The zero-order chi connectivity index (χ0) is 16.4. The standard InChI is InChI=1S/C15H10Cl2N2O3S/c16-9-6-11(17)14(18-7-9)22-10-3-1-8(2-4-10)5-12-13(20)19-15(21)23-12/h1-4,6-7,20H,5H2,(H,19,21). The van der Waals surface area contributed by atoms with Crippen molar-refractivity contribution in [3.05, 3.63) is 66.7 Å². The Kier molecular flexibility index (Phi) is 4.56. The normalized spacial score (nSPS) is 10.7. The molecule has 0 aliphatic rings. The van der Waals surface area contributed by atoms with Gasteiger partial charge in [0.1, 0.15) is 10.8 Å². The van der Waals surface area contributed by atoms with Gasteiger partial charge in [-0.1, -0.05) is 46.7 Å². The first kappa shape index (κ1) is 15.9. The van der Waals surface area contributed by atoms with Crippen LogP contribution in [-0.2, 0) is 6.42 Å². The summed E-state index contributed by atoms with van der Waals surface area (Å²) in [6.45, 7) is 0. The first-order valence-electron chi connectivity index (χ1n) is 6.50. The van der Waals surface area contributed by atoms with Gasteiger partial charge >= 0.3 is 4.87 Å². The molecule has 118 valence electrons. The Hall–Kier alpha value is -2.02. The number of ether oxygens (including phenoxy) is 1. The van der Waals surface area contributed by atoms with Crippen LogP contribution in [0.25, 0.3) is 0 Å². The molecule has 0 unspecified atom stereocenters. The maximum atomic E-state index is 11.2. The highest BCUT2D eigenvalue weighted by Gasteiger charge is 2.09. The molecular weight excluding hydrogens is 359 g/mol. The highest BCUT2D eigenvalue weighted by molar-refractivity contribution is 7.09. The maximum absolute atomic E-state index is 11.2. The topological polar surface area (TPSA) is 75.2 Å². The van der Waals surface area contributed by atoms with E-state index in [2.05, 4.69) is 9.97 Å². The molecule has 2 N–H and O–H groups in total. The molecule has 0 saturated carbocycles. The third-order valence-corrected chi connectivity index (χ3v) is 4.33. The van der Waals surface area contributed by atoms with Crippen LogP contribution in [0.2, 0.25) is 10.0 Å². The first-order chi connectivity index (χ1) is 11.0. The predicted molar refractivity (Wildman–Crippen MR) is 90.2 cm³/mol. The van der Waals surface area contributed by atoms with E-state index in [0.29, 0.717) is 27.1 Å². The minimum atomic E-state index is -0.277. The van der Waals surface area contributed by atoms with Gasteiger partial charge in [-0.2, -0.15) is 0 Å². The van der Waals surface area contributed by atoms with Gasteiger partial charge in [0.2, 0.25) is 11.8 Å². The molecule has 0 radical (unpaired) electrons. The highest BCUT2D eigenvalue weighted by Crippen LogP contribution is 2.29. The van der Waals surface area contributed by atoms with Crippen LogP contribution < -0.4 is 9.61 Å². The van der Waals surface area contributed by atoms with E-state index in [1.807, 2.05) is 12.1 Å². The Bertz CT molecular complexity index is 890. The summed E-state index contributed by atoms with van der Waals surface area (Å²) in [6.07, 6.45) is 1.91. The van der Waals surface area contributed by atoms with Crippen LogP contribution in [-0.4, -0.2) is 15.1 Å². The van der Waals surface area contributed by atoms with Gasteiger partial charge in [0.15, 0.2) is 0 Å². The van der Waals surface area contributed by atoms with Gasteiger partial charge in [0, 0.05) is 12.6 Å². The fraction of sp³-hybridized carbons (Fsp3) is 0.0667. The van der Waals surface area contributed by atoms with Crippen LogP contribution in [0.4, 0.5) is 0 Å². The maximum Gasteiger partial charge on any atom is 0.307 e. The second kappa shape index (κ2) is 6.62. The van der Waals surface area contributed by atoms with E-state index in [0.717, 1.165) is 16.9 Å². The molecular formula is C15H10Cl2N2O3S. The Morgan fingerprint density at radius 3 is 2.61 bits per heavy atom. The molecule has 0 aliphatic heterocycles. The van der Waals surface area contributed by atoms with E-state index in [1.165, 1.54) is 6.20 Å². The zero-order valence-electron chi connectivity index (χ0n) is 11.5. The van der Waals surface area contributed by atoms with Crippen molar-refractivity contribution in [3.8, 4) is 17.5 Å². The number of thiazole rings is 1. The van der Waals surface area contributed by atoms with Crippen molar-refractivity contribution in [2.45, 2.75) is 6.42 Å². The Morgan fingerprint density at radius 2 is 2.00 bits per heavy atom. The van der Waals surface area contributed by atoms with E-state index >= 15 is 0 Å². The molecule has 0 amide bonds. The molecule has 3 aromatic rings. The number of nitrogens with zero attached hydrogens (tertiary/aromatic N) is 1. The average molecular weight is 369 g/mol. The molecule has 1 aromatic carbocycles. The molecule has 0 aliphatic carbocycles. The Morgan fingerprint density at radius 1 is 1.26 bits per heavy atom.